The topological polar surface area (TPSA) is 29.5 Å². The molecule has 0 radical (unpaired) electrons. The second kappa shape index (κ2) is 6.28. The molecule has 0 unspecified atom stereocenters. The molecule has 1 aromatic carbocycles. The van der Waals surface area contributed by atoms with Crippen LogP contribution in [0.2, 0.25) is 0 Å². The lowest BCUT2D eigenvalue weighted by atomic mass is 10.2. The summed E-state index contributed by atoms with van der Waals surface area (Å²) in [5, 5.41) is 8.55. The number of ether oxygens (including phenoxy) is 1. The van der Waals surface area contributed by atoms with E-state index in [-0.39, 0.29) is 13.2 Å². The van der Waals surface area contributed by atoms with E-state index in [0.29, 0.717) is 0 Å². The Balaban J connectivity index is 2.28. The molecule has 17 heavy (non-hydrogen) atoms. The Morgan fingerprint density at radius 3 is 2.47 bits per heavy atom. The van der Waals surface area contributed by atoms with Gasteiger partial charge in [-0.25, -0.2) is 0 Å². The Labute approximate surface area is 97.0 Å². The highest BCUT2D eigenvalue weighted by molar-refractivity contribution is 5.13. The molecule has 1 aromatic rings. The van der Waals surface area contributed by atoms with Gasteiger partial charge < -0.3 is 9.84 Å². The highest BCUT2D eigenvalue weighted by atomic mass is 19.4. The van der Waals surface area contributed by atoms with E-state index in [1.54, 1.807) is 5.92 Å². The van der Waals surface area contributed by atoms with Gasteiger partial charge in [0, 0.05) is 0 Å². The molecule has 0 spiro atoms. The van der Waals surface area contributed by atoms with E-state index in [2.05, 4.69) is 5.92 Å². The molecule has 0 fully saturated rings. The number of alkyl halides is 3. The zero-order chi connectivity index (χ0) is 12.7. The number of rotatable bonds is 3. The van der Waals surface area contributed by atoms with Crippen LogP contribution < -0.4 is 0 Å². The van der Waals surface area contributed by atoms with E-state index in [4.69, 9.17) is 9.84 Å². The van der Waals surface area contributed by atoms with Gasteiger partial charge in [0.15, 0.2) is 0 Å². The number of benzene rings is 1. The Morgan fingerprint density at radius 2 is 1.88 bits per heavy atom. The van der Waals surface area contributed by atoms with Crippen LogP contribution in [0.15, 0.2) is 30.3 Å². The van der Waals surface area contributed by atoms with Crippen LogP contribution in [-0.4, -0.2) is 24.0 Å². The lowest BCUT2D eigenvalue weighted by Gasteiger charge is -2.06. The first-order valence-electron chi connectivity index (χ1n) is 4.85. The van der Waals surface area contributed by atoms with Crippen molar-refractivity contribution in [3.8, 4) is 11.8 Å². The predicted molar refractivity (Wildman–Crippen MR) is 55.9 cm³/mol. The molecule has 5 heteroatoms. The molecule has 0 aliphatic carbocycles. The van der Waals surface area contributed by atoms with Crippen molar-refractivity contribution in [2.24, 2.45) is 0 Å². The summed E-state index contributed by atoms with van der Waals surface area (Å²) in [5.74, 6) is 3.78. The minimum Gasteiger partial charge on any atom is -0.372 e. The third-order valence-electron chi connectivity index (χ3n) is 1.83. The van der Waals surface area contributed by atoms with Crippen molar-refractivity contribution >= 4 is 0 Å². The fourth-order valence-corrected chi connectivity index (χ4v) is 1.01. The molecule has 0 aliphatic rings. The Morgan fingerprint density at radius 1 is 1.24 bits per heavy atom. The largest absolute Gasteiger partial charge is 0.425 e. The molecular formula is C12H11F3O2. The molecule has 0 aromatic heterocycles. The molecule has 0 saturated heterocycles. The Hall–Kier alpha value is -1.51. The van der Waals surface area contributed by atoms with Crippen molar-refractivity contribution < 1.29 is 23.0 Å². The Kier molecular flexibility index (Phi) is 5.01. The van der Waals surface area contributed by atoms with E-state index in [0.717, 1.165) is 5.56 Å². The van der Waals surface area contributed by atoms with E-state index in [1.165, 1.54) is 0 Å². The summed E-state index contributed by atoms with van der Waals surface area (Å²) in [7, 11) is 0. The standard InChI is InChI=1S/C12H11F3O2/c13-12(14,15)11(16)7-4-8-17-9-10-5-2-1-3-6-10/h1-3,5-6,11,16H,8-9H2/t11-/m0/s1. The highest BCUT2D eigenvalue weighted by Crippen LogP contribution is 2.18. The average molecular weight is 244 g/mol. The summed E-state index contributed by atoms with van der Waals surface area (Å²) < 4.78 is 40.5. The number of hydrogen-bond donors (Lipinski definition) is 1. The van der Waals surface area contributed by atoms with Crippen LogP contribution >= 0.6 is 0 Å². The first-order valence-corrected chi connectivity index (χ1v) is 4.85. The number of halogens is 3. The zero-order valence-corrected chi connectivity index (χ0v) is 8.87. The van der Waals surface area contributed by atoms with Gasteiger partial charge in [-0.3, -0.25) is 0 Å². The van der Waals surface area contributed by atoms with Gasteiger partial charge in [0.25, 0.3) is 0 Å². The molecule has 0 heterocycles. The molecule has 2 nitrogen and oxygen atoms in total. The van der Waals surface area contributed by atoms with Gasteiger partial charge in [0.05, 0.1) is 6.61 Å². The van der Waals surface area contributed by atoms with E-state index in [1.807, 2.05) is 30.3 Å². The molecule has 0 aliphatic heterocycles. The van der Waals surface area contributed by atoms with Crippen molar-refractivity contribution in [1.82, 2.24) is 0 Å². The van der Waals surface area contributed by atoms with Crippen LogP contribution in [0.25, 0.3) is 0 Å². The van der Waals surface area contributed by atoms with Crippen LogP contribution in [0.1, 0.15) is 5.56 Å². The van der Waals surface area contributed by atoms with Crippen molar-refractivity contribution in [1.29, 1.82) is 0 Å². The highest BCUT2D eigenvalue weighted by Gasteiger charge is 2.36. The second-order valence-electron chi connectivity index (χ2n) is 3.24. The summed E-state index contributed by atoms with van der Waals surface area (Å²) in [4.78, 5) is 0. The van der Waals surface area contributed by atoms with Crippen molar-refractivity contribution in [2.45, 2.75) is 18.9 Å². The Bertz CT molecular complexity index is 390. The SMILES string of the molecule is O[C@@H](C#CCOCc1ccccc1)C(F)(F)F. The first-order chi connectivity index (χ1) is 8.00. The van der Waals surface area contributed by atoms with Crippen LogP contribution in [0.3, 0.4) is 0 Å². The summed E-state index contributed by atoms with van der Waals surface area (Å²) >= 11 is 0. The summed E-state index contributed by atoms with van der Waals surface area (Å²) in [5.41, 5.74) is 0.908. The third-order valence-corrected chi connectivity index (χ3v) is 1.83. The van der Waals surface area contributed by atoms with Crippen molar-refractivity contribution in [3.63, 3.8) is 0 Å². The summed E-state index contributed by atoms with van der Waals surface area (Å²) in [6.07, 6.45) is -7.31. The monoisotopic (exact) mass is 244 g/mol. The van der Waals surface area contributed by atoms with Crippen LogP contribution in [0.5, 0.6) is 0 Å². The van der Waals surface area contributed by atoms with E-state index >= 15 is 0 Å². The van der Waals surface area contributed by atoms with E-state index < -0.39 is 12.3 Å². The summed E-state index contributed by atoms with van der Waals surface area (Å²) in [6, 6.07) is 9.18. The summed E-state index contributed by atoms with van der Waals surface area (Å²) in [6.45, 7) is 0.125. The molecule has 0 saturated carbocycles. The van der Waals surface area contributed by atoms with Crippen LogP contribution in [0, 0.1) is 11.8 Å². The van der Waals surface area contributed by atoms with Gasteiger partial charge in [0.1, 0.15) is 6.61 Å². The zero-order valence-electron chi connectivity index (χ0n) is 8.87. The van der Waals surface area contributed by atoms with Gasteiger partial charge in [-0.15, -0.1) is 0 Å². The first kappa shape index (κ1) is 13.6. The molecular weight excluding hydrogens is 233 g/mol. The van der Waals surface area contributed by atoms with Gasteiger partial charge in [-0.2, -0.15) is 13.2 Å². The maximum atomic E-state index is 11.8. The molecule has 1 rings (SSSR count). The van der Waals surface area contributed by atoms with Crippen LogP contribution in [-0.2, 0) is 11.3 Å². The average Bonchev–Trinajstić information content (AvgIpc) is 2.28. The van der Waals surface area contributed by atoms with E-state index in [9.17, 15) is 13.2 Å². The smallest absolute Gasteiger partial charge is 0.372 e. The fraction of sp³-hybridized carbons (Fsp3) is 0.333. The molecule has 0 bridgehead atoms. The lowest BCUT2D eigenvalue weighted by molar-refractivity contribution is -0.184. The van der Waals surface area contributed by atoms with Crippen LogP contribution in [0.4, 0.5) is 13.2 Å². The van der Waals surface area contributed by atoms with Gasteiger partial charge >= 0.3 is 6.18 Å². The molecule has 0 amide bonds. The predicted octanol–water partition coefficient (Wildman–Crippen LogP) is 2.13. The third kappa shape index (κ3) is 5.38. The quantitative estimate of drug-likeness (QED) is 0.652. The molecule has 1 atom stereocenters. The number of hydrogen-bond acceptors (Lipinski definition) is 2. The minimum atomic E-state index is -4.70. The number of aliphatic hydroxyl groups is 1. The van der Waals surface area contributed by atoms with Crippen molar-refractivity contribution in [3.05, 3.63) is 35.9 Å². The van der Waals surface area contributed by atoms with Gasteiger partial charge in [-0.05, 0) is 5.56 Å². The maximum absolute atomic E-state index is 11.8. The number of aliphatic hydroxyl groups excluding tert-OH is 1. The van der Waals surface area contributed by atoms with Gasteiger partial charge in [0.2, 0.25) is 6.10 Å². The minimum absolute atomic E-state index is 0.151. The maximum Gasteiger partial charge on any atom is 0.425 e. The van der Waals surface area contributed by atoms with Gasteiger partial charge in [-0.1, -0.05) is 42.2 Å². The molecule has 1 N–H and O–H groups in total. The lowest BCUT2D eigenvalue weighted by Crippen LogP contribution is -2.26. The second-order valence-corrected chi connectivity index (χ2v) is 3.24. The normalized spacial score (nSPS) is 12.7. The molecule has 92 valence electrons. The fourth-order valence-electron chi connectivity index (χ4n) is 1.01. The van der Waals surface area contributed by atoms with Crippen molar-refractivity contribution in [2.75, 3.05) is 6.61 Å².